The van der Waals surface area contributed by atoms with Gasteiger partial charge in [-0.15, -0.1) is 0 Å². The van der Waals surface area contributed by atoms with E-state index in [9.17, 15) is 34.2 Å². The molecular formula is C23H35N5O7. The van der Waals surface area contributed by atoms with Crippen molar-refractivity contribution in [3.05, 3.63) is 35.9 Å². The highest BCUT2D eigenvalue weighted by Crippen LogP contribution is 2.07. The summed E-state index contributed by atoms with van der Waals surface area (Å²) in [4.78, 5) is 60.6. The number of hydrogen-bond acceptors (Lipinski definition) is 7. The number of carbonyl (C=O) groups excluding carboxylic acids is 4. The van der Waals surface area contributed by atoms with Gasteiger partial charge >= 0.3 is 5.97 Å². The molecule has 9 N–H and O–H groups in total. The molecule has 0 aromatic heterocycles. The second-order valence-electron chi connectivity index (χ2n) is 8.64. The lowest BCUT2D eigenvalue weighted by atomic mass is 10.0. The first kappa shape index (κ1) is 29.5. The summed E-state index contributed by atoms with van der Waals surface area (Å²) in [5.74, 6) is -4.26. The van der Waals surface area contributed by atoms with Crippen molar-refractivity contribution in [2.24, 2.45) is 17.4 Å². The molecule has 0 saturated heterocycles. The molecule has 0 aliphatic heterocycles. The predicted molar refractivity (Wildman–Crippen MR) is 127 cm³/mol. The number of benzene rings is 1. The largest absolute Gasteiger partial charge is 0.480 e. The third-order valence-electron chi connectivity index (χ3n) is 5.09. The van der Waals surface area contributed by atoms with Crippen LogP contribution in [0.2, 0.25) is 0 Å². The van der Waals surface area contributed by atoms with Crippen LogP contribution in [0.5, 0.6) is 0 Å². The lowest BCUT2D eigenvalue weighted by molar-refractivity contribution is -0.142. The molecular weight excluding hydrogens is 458 g/mol. The van der Waals surface area contributed by atoms with Gasteiger partial charge in [0, 0.05) is 12.8 Å². The van der Waals surface area contributed by atoms with E-state index in [1.54, 1.807) is 30.3 Å². The highest BCUT2D eigenvalue weighted by molar-refractivity contribution is 5.94. The van der Waals surface area contributed by atoms with E-state index in [2.05, 4.69) is 16.0 Å². The lowest BCUT2D eigenvalue weighted by Gasteiger charge is -2.24. The van der Waals surface area contributed by atoms with Crippen LogP contribution in [-0.4, -0.2) is 70.6 Å². The van der Waals surface area contributed by atoms with Crippen molar-refractivity contribution in [2.75, 3.05) is 6.61 Å². The molecule has 0 aliphatic rings. The molecule has 12 heteroatoms. The highest BCUT2D eigenvalue weighted by Gasteiger charge is 2.30. The summed E-state index contributed by atoms with van der Waals surface area (Å²) >= 11 is 0. The summed E-state index contributed by atoms with van der Waals surface area (Å²) in [7, 11) is 0. The van der Waals surface area contributed by atoms with Gasteiger partial charge in [-0.1, -0.05) is 44.2 Å². The average molecular weight is 494 g/mol. The summed E-state index contributed by atoms with van der Waals surface area (Å²) in [5, 5.41) is 26.2. The zero-order chi connectivity index (χ0) is 26.5. The van der Waals surface area contributed by atoms with Crippen LogP contribution in [-0.2, 0) is 30.4 Å². The van der Waals surface area contributed by atoms with Gasteiger partial charge in [0.25, 0.3) is 0 Å². The standard InChI is InChI=1S/C23H35N5O7/c1-13(2)10-15(24)20(31)28-18(12-29)22(33)27-17(11-14-6-4-3-5-7-14)21(32)26-16(23(34)35)8-9-19(25)30/h3-7,13,15-18,29H,8-12,24H2,1-2H3,(H2,25,30)(H,26,32)(H,27,33)(H,28,31)(H,34,35). The molecule has 194 valence electrons. The number of rotatable bonds is 15. The van der Waals surface area contributed by atoms with Crippen LogP contribution in [0.1, 0.15) is 38.7 Å². The van der Waals surface area contributed by atoms with Crippen molar-refractivity contribution in [1.82, 2.24) is 16.0 Å². The van der Waals surface area contributed by atoms with E-state index in [1.807, 2.05) is 13.8 Å². The molecule has 1 aromatic carbocycles. The molecule has 0 spiro atoms. The molecule has 35 heavy (non-hydrogen) atoms. The van der Waals surface area contributed by atoms with Crippen LogP contribution in [0.3, 0.4) is 0 Å². The van der Waals surface area contributed by atoms with Crippen LogP contribution >= 0.6 is 0 Å². The number of aliphatic hydroxyl groups is 1. The minimum absolute atomic E-state index is 0.000466. The SMILES string of the molecule is CC(C)CC(N)C(=O)NC(CO)C(=O)NC(Cc1ccccc1)C(=O)NC(CCC(N)=O)C(=O)O. The first-order valence-electron chi connectivity index (χ1n) is 11.3. The Kier molecular flexibility index (Phi) is 12.4. The second kappa shape index (κ2) is 14.7. The van der Waals surface area contributed by atoms with E-state index in [-0.39, 0.29) is 25.2 Å². The fourth-order valence-electron chi connectivity index (χ4n) is 3.24. The number of hydrogen-bond donors (Lipinski definition) is 7. The number of carboxylic acid groups (broad SMARTS) is 1. The molecule has 4 amide bonds. The van der Waals surface area contributed by atoms with E-state index in [0.717, 1.165) is 0 Å². The van der Waals surface area contributed by atoms with Crippen LogP contribution < -0.4 is 27.4 Å². The predicted octanol–water partition coefficient (Wildman–Crippen LogP) is -1.60. The zero-order valence-electron chi connectivity index (χ0n) is 19.9. The average Bonchev–Trinajstić information content (AvgIpc) is 2.79. The monoisotopic (exact) mass is 493 g/mol. The Morgan fingerprint density at radius 3 is 1.94 bits per heavy atom. The quantitative estimate of drug-likeness (QED) is 0.151. The van der Waals surface area contributed by atoms with E-state index in [4.69, 9.17) is 11.5 Å². The molecule has 0 radical (unpaired) electrons. The maximum absolute atomic E-state index is 12.9. The molecule has 0 bridgehead atoms. The van der Waals surface area contributed by atoms with Crippen molar-refractivity contribution in [2.45, 2.75) is 63.7 Å². The number of nitrogens with two attached hydrogens (primary N) is 2. The molecule has 4 atom stereocenters. The van der Waals surface area contributed by atoms with E-state index in [0.29, 0.717) is 12.0 Å². The van der Waals surface area contributed by atoms with Crippen LogP contribution in [0, 0.1) is 5.92 Å². The van der Waals surface area contributed by atoms with Gasteiger partial charge in [-0.2, -0.15) is 0 Å². The van der Waals surface area contributed by atoms with Gasteiger partial charge in [0.2, 0.25) is 23.6 Å². The topological polar surface area (TPSA) is 214 Å². The molecule has 1 rings (SSSR count). The summed E-state index contributed by atoms with van der Waals surface area (Å²) in [5.41, 5.74) is 11.6. The molecule has 4 unspecified atom stereocenters. The van der Waals surface area contributed by atoms with Crippen LogP contribution in [0.4, 0.5) is 0 Å². The third-order valence-corrected chi connectivity index (χ3v) is 5.09. The molecule has 1 aromatic rings. The minimum Gasteiger partial charge on any atom is -0.480 e. The van der Waals surface area contributed by atoms with Crippen molar-refractivity contribution >= 4 is 29.6 Å². The summed E-state index contributed by atoms with van der Waals surface area (Å²) in [6.07, 6.45) is -0.125. The summed E-state index contributed by atoms with van der Waals surface area (Å²) in [6.45, 7) is 3.01. The fraction of sp³-hybridized carbons (Fsp3) is 0.522. The third kappa shape index (κ3) is 11.0. The Morgan fingerprint density at radius 2 is 1.43 bits per heavy atom. The summed E-state index contributed by atoms with van der Waals surface area (Å²) < 4.78 is 0. The Bertz CT molecular complexity index is 878. The van der Waals surface area contributed by atoms with Gasteiger partial charge in [0.05, 0.1) is 12.6 Å². The molecule has 0 saturated carbocycles. The Labute approximate surface area is 203 Å². The first-order chi connectivity index (χ1) is 16.4. The van der Waals surface area contributed by atoms with Gasteiger partial charge in [-0.3, -0.25) is 19.2 Å². The number of carboxylic acids is 1. The van der Waals surface area contributed by atoms with E-state index >= 15 is 0 Å². The van der Waals surface area contributed by atoms with Gasteiger partial charge in [0.1, 0.15) is 18.1 Å². The number of nitrogens with one attached hydrogen (secondary N) is 3. The molecule has 0 heterocycles. The van der Waals surface area contributed by atoms with Gasteiger partial charge < -0.3 is 37.6 Å². The Balaban J connectivity index is 3.00. The number of aliphatic carboxylic acids is 1. The van der Waals surface area contributed by atoms with Gasteiger partial charge in [0.15, 0.2) is 0 Å². The van der Waals surface area contributed by atoms with Crippen molar-refractivity contribution in [3.63, 3.8) is 0 Å². The van der Waals surface area contributed by atoms with Gasteiger partial charge in [-0.05, 0) is 24.3 Å². The lowest BCUT2D eigenvalue weighted by Crippen LogP contribution is -2.58. The molecule has 0 aliphatic carbocycles. The molecule has 0 fully saturated rings. The number of carbonyl (C=O) groups is 5. The van der Waals surface area contributed by atoms with Crippen molar-refractivity contribution in [1.29, 1.82) is 0 Å². The zero-order valence-corrected chi connectivity index (χ0v) is 19.9. The Morgan fingerprint density at radius 1 is 0.886 bits per heavy atom. The van der Waals surface area contributed by atoms with Gasteiger partial charge in [-0.25, -0.2) is 4.79 Å². The van der Waals surface area contributed by atoms with Crippen molar-refractivity contribution in [3.8, 4) is 0 Å². The molecule has 12 nitrogen and oxygen atoms in total. The van der Waals surface area contributed by atoms with Crippen LogP contribution in [0.25, 0.3) is 0 Å². The maximum atomic E-state index is 12.9. The second-order valence-corrected chi connectivity index (χ2v) is 8.64. The minimum atomic E-state index is -1.41. The number of aliphatic hydroxyl groups excluding tert-OH is 1. The normalized spacial score (nSPS) is 14.3. The number of amides is 4. The van der Waals surface area contributed by atoms with E-state index in [1.165, 1.54) is 0 Å². The number of primary amides is 1. The highest BCUT2D eigenvalue weighted by atomic mass is 16.4. The Hall–Kier alpha value is -3.51. The van der Waals surface area contributed by atoms with E-state index < -0.39 is 60.4 Å². The van der Waals surface area contributed by atoms with Crippen LogP contribution in [0.15, 0.2) is 30.3 Å². The maximum Gasteiger partial charge on any atom is 0.326 e. The fourth-order valence-corrected chi connectivity index (χ4v) is 3.24. The smallest absolute Gasteiger partial charge is 0.326 e. The van der Waals surface area contributed by atoms with Crippen molar-refractivity contribution < 1.29 is 34.2 Å². The first-order valence-corrected chi connectivity index (χ1v) is 11.3. The summed E-state index contributed by atoms with van der Waals surface area (Å²) in [6, 6.07) is 3.73.